The lowest BCUT2D eigenvalue weighted by atomic mass is 9.92. The van der Waals surface area contributed by atoms with Gasteiger partial charge in [0.05, 0.1) is 10.2 Å². The Morgan fingerprint density at radius 2 is 1.02 bits per heavy atom. The van der Waals surface area contributed by atoms with Crippen molar-refractivity contribution in [1.82, 2.24) is 4.98 Å². The molecule has 63 heavy (non-hydrogen) atoms. The van der Waals surface area contributed by atoms with Crippen LogP contribution in [-0.2, 0) is 0 Å². The van der Waals surface area contributed by atoms with Gasteiger partial charge in [-0.25, -0.2) is 4.98 Å². The van der Waals surface area contributed by atoms with Gasteiger partial charge in [-0.3, -0.25) is 0 Å². The quantitative estimate of drug-likeness (QED) is 0.153. The lowest BCUT2D eigenvalue weighted by Crippen LogP contribution is -2.10. The third-order valence-corrected chi connectivity index (χ3v) is 13.2. The molecule has 0 saturated carbocycles. The SMILES string of the molecule is c1ccc(-c2cccc(N(c3ccc(-c4c5oc6ccccc6c5cc5nc(-c6ccccc6)sc45)cc3)c3ccc(-c4ccccc4)c(-c4ccc5ccccc5c4)c3)c2)cc1. The van der Waals surface area contributed by atoms with Gasteiger partial charge in [0.25, 0.3) is 0 Å². The number of furan rings is 1. The number of nitrogens with zero attached hydrogens (tertiary/aromatic N) is 2. The third-order valence-electron chi connectivity index (χ3n) is 12.1. The second kappa shape index (κ2) is 15.4. The van der Waals surface area contributed by atoms with E-state index < -0.39 is 0 Å². The summed E-state index contributed by atoms with van der Waals surface area (Å²) in [5.74, 6) is 0. The smallest absolute Gasteiger partial charge is 0.144 e. The van der Waals surface area contributed by atoms with Gasteiger partial charge in [0.1, 0.15) is 16.2 Å². The van der Waals surface area contributed by atoms with Crippen molar-refractivity contribution in [2.45, 2.75) is 0 Å². The lowest BCUT2D eigenvalue weighted by molar-refractivity contribution is 0.670. The van der Waals surface area contributed by atoms with Gasteiger partial charge in [0.15, 0.2) is 0 Å². The molecular weight excluding hydrogens is 785 g/mol. The number of fused-ring (bicyclic) bond motifs is 5. The molecule has 0 saturated heterocycles. The summed E-state index contributed by atoms with van der Waals surface area (Å²) in [7, 11) is 0. The molecule has 3 nitrogen and oxygen atoms in total. The summed E-state index contributed by atoms with van der Waals surface area (Å²) < 4.78 is 7.84. The molecule has 12 rings (SSSR count). The minimum atomic E-state index is 0.872. The molecule has 10 aromatic carbocycles. The highest BCUT2D eigenvalue weighted by atomic mass is 32.1. The molecule has 0 aliphatic rings. The van der Waals surface area contributed by atoms with E-state index in [1.807, 2.05) is 12.1 Å². The van der Waals surface area contributed by atoms with Crippen molar-refractivity contribution < 1.29 is 4.42 Å². The topological polar surface area (TPSA) is 29.3 Å². The number of benzene rings is 10. The Hall–Kier alpha value is -8.05. The number of rotatable bonds is 8. The zero-order valence-electron chi connectivity index (χ0n) is 34.2. The first-order valence-electron chi connectivity index (χ1n) is 21.3. The van der Waals surface area contributed by atoms with Crippen molar-refractivity contribution in [1.29, 1.82) is 0 Å². The highest BCUT2D eigenvalue weighted by molar-refractivity contribution is 7.22. The molecule has 0 amide bonds. The molecule has 0 aliphatic carbocycles. The van der Waals surface area contributed by atoms with Crippen LogP contribution in [0, 0.1) is 0 Å². The summed E-state index contributed by atoms with van der Waals surface area (Å²) in [5, 5.41) is 5.59. The number of para-hydroxylation sites is 1. The minimum absolute atomic E-state index is 0.872. The molecule has 0 N–H and O–H groups in total. The van der Waals surface area contributed by atoms with Crippen LogP contribution in [0.25, 0.3) is 98.0 Å². The van der Waals surface area contributed by atoms with Gasteiger partial charge in [-0.1, -0.05) is 176 Å². The molecular formula is C59H38N2OS. The first-order valence-corrected chi connectivity index (χ1v) is 22.1. The summed E-state index contributed by atoms with van der Waals surface area (Å²) in [4.78, 5) is 7.59. The fourth-order valence-electron chi connectivity index (χ4n) is 9.03. The van der Waals surface area contributed by atoms with Crippen molar-refractivity contribution in [3.63, 3.8) is 0 Å². The number of hydrogen-bond acceptors (Lipinski definition) is 4. The number of thiazole rings is 1. The third kappa shape index (κ3) is 6.65. The van der Waals surface area contributed by atoms with E-state index in [1.165, 1.54) is 38.6 Å². The van der Waals surface area contributed by atoms with Gasteiger partial charge in [0, 0.05) is 39.0 Å². The maximum atomic E-state index is 6.73. The maximum Gasteiger partial charge on any atom is 0.144 e. The zero-order valence-corrected chi connectivity index (χ0v) is 35.0. The predicted molar refractivity (Wildman–Crippen MR) is 266 cm³/mol. The Kier molecular flexibility index (Phi) is 9.02. The van der Waals surface area contributed by atoms with Crippen molar-refractivity contribution >= 4 is 71.3 Å². The summed E-state index contributed by atoms with van der Waals surface area (Å²) in [6.07, 6.45) is 0. The molecule has 0 bridgehead atoms. The van der Waals surface area contributed by atoms with Gasteiger partial charge < -0.3 is 9.32 Å². The van der Waals surface area contributed by atoms with Crippen molar-refractivity contribution in [2.24, 2.45) is 0 Å². The fraction of sp³-hybridized carbons (Fsp3) is 0. The number of anilines is 3. The van der Waals surface area contributed by atoms with E-state index >= 15 is 0 Å². The first-order chi connectivity index (χ1) is 31.2. The molecule has 2 heterocycles. The normalized spacial score (nSPS) is 11.5. The Balaban J connectivity index is 1.05. The molecule has 296 valence electrons. The Morgan fingerprint density at radius 3 is 1.81 bits per heavy atom. The number of aromatic nitrogens is 1. The summed E-state index contributed by atoms with van der Waals surface area (Å²) in [6, 6.07) is 82.4. The van der Waals surface area contributed by atoms with Crippen molar-refractivity contribution in [2.75, 3.05) is 4.90 Å². The Bertz CT molecular complexity index is 3610. The van der Waals surface area contributed by atoms with Crippen LogP contribution in [0.5, 0.6) is 0 Å². The van der Waals surface area contributed by atoms with Gasteiger partial charge in [-0.2, -0.15) is 0 Å². The van der Waals surface area contributed by atoms with Crippen molar-refractivity contribution in [3.8, 4) is 55.1 Å². The van der Waals surface area contributed by atoms with Crippen molar-refractivity contribution in [3.05, 3.63) is 231 Å². The molecule has 12 aromatic rings. The molecule has 0 aliphatic heterocycles. The summed E-state index contributed by atoms with van der Waals surface area (Å²) in [5.41, 5.74) is 16.2. The van der Waals surface area contributed by atoms with Crippen LogP contribution in [0.3, 0.4) is 0 Å². The largest absolute Gasteiger partial charge is 0.455 e. The molecule has 4 heteroatoms. The maximum absolute atomic E-state index is 6.73. The van der Waals surface area contributed by atoms with E-state index in [1.54, 1.807) is 11.3 Å². The van der Waals surface area contributed by atoms with Crippen LogP contribution in [0.15, 0.2) is 235 Å². The number of hydrogen-bond donors (Lipinski definition) is 0. The standard InChI is InChI=1S/C59H38N2OS/c1-4-15-39(16-5-1)45-23-14-24-48(36-45)61(49-33-34-50(41-18-6-2-7-19-41)52(37-49)46-28-27-40-17-10-11-22-44(40)35-46)47-31-29-42(30-32-47)56-57-53(51-25-12-13-26-55(51)62-57)38-54-58(56)63-59(60-54)43-20-8-3-9-21-43/h1-38H. The molecule has 0 unspecified atom stereocenters. The van der Waals surface area contributed by atoms with E-state index in [4.69, 9.17) is 9.40 Å². The summed E-state index contributed by atoms with van der Waals surface area (Å²) in [6.45, 7) is 0. The van der Waals surface area contributed by atoms with Gasteiger partial charge in [-0.05, 0) is 104 Å². The van der Waals surface area contributed by atoms with E-state index in [9.17, 15) is 0 Å². The van der Waals surface area contributed by atoms with Gasteiger partial charge >= 0.3 is 0 Å². The Morgan fingerprint density at radius 1 is 0.381 bits per heavy atom. The molecule has 2 aromatic heterocycles. The van der Waals surface area contributed by atoms with Crippen LogP contribution >= 0.6 is 11.3 Å². The minimum Gasteiger partial charge on any atom is -0.455 e. The zero-order chi connectivity index (χ0) is 41.7. The van der Waals surface area contributed by atoms with Gasteiger partial charge in [-0.15, -0.1) is 11.3 Å². The van der Waals surface area contributed by atoms with Crippen LogP contribution in [0.2, 0.25) is 0 Å². The second-order valence-corrected chi connectivity index (χ2v) is 16.9. The highest BCUT2D eigenvalue weighted by Crippen LogP contribution is 2.47. The first kappa shape index (κ1) is 36.8. The average Bonchev–Trinajstić information content (AvgIpc) is 3.96. The highest BCUT2D eigenvalue weighted by Gasteiger charge is 2.22. The van der Waals surface area contributed by atoms with E-state index in [-0.39, 0.29) is 0 Å². The molecule has 0 spiro atoms. The lowest BCUT2D eigenvalue weighted by Gasteiger charge is -2.27. The predicted octanol–water partition coefficient (Wildman–Crippen LogP) is 17.2. The fourth-order valence-corrected chi connectivity index (χ4v) is 10.1. The summed E-state index contributed by atoms with van der Waals surface area (Å²) >= 11 is 1.72. The second-order valence-electron chi connectivity index (χ2n) is 15.9. The van der Waals surface area contributed by atoms with E-state index in [0.717, 1.165) is 76.5 Å². The monoisotopic (exact) mass is 822 g/mol. The molecule has 0 atom stereocenters. The van der Waals surface area contributed by atoms with Crippen LogP contribution in [0.1, 0.15) is 0 Å². The van der Waals surface area contributed by atoms with Crippen LogP contribution < -0.4 is 4.90 Å². The Labute approximate surface area is 369 Å². The van der Waals surface area contributed by atoms with Gasteiger partial charge in [0.2, 0.25) is 0 Å². The van der Waals surface area contributed by atoms with E-state index in [0.29, 0.717) is 0 Å². The average molecular weight is 823 g/mol. The van der Waals surface area contributed by atoms with Crippen LogP contribution in [0.4, 0.5) is 17.1 Å². The van der Waals surface area contributed by atoms with E-state index in [2.05, 4.69) is 223 Å². The molecule has 0 fully saturated rings. The van der Waals surface area contributed by atoms with Crippen LogP contribution in [-0.4, -0.2) is 4.98 Å². The molecule has 0 radical (unpaired) electrons.